The number of thioether (sulfide) groups is 1. The maximum Gasteiger partial charge on any atom is 0.165 e. The summed E-state index contributed by atoms with van der Waals surface area (Å²) in [5.41, 5.74) is 7.46. The van der Waals surface area contributed by atoms with Crippen molar-refractivity contribution in [3.05, 3.63) is 102 Å². The lowest BCUT2D eigenvalue weighted by atomic mass is 9.84. The summed E-state index contributed by atoms with van der Waals surface area (Å²) in [6.45, 7) is 0. The van der Waals surface area contributed by atoms with E-state index in [0.29, 0.717) is 12.3 Å². The first-order valence-electron chi connectivity index (χ1n) is 11.4. The van der Waals surface area contributed by atoms with Crippen LogP contribution in [0.4, 0.5) is 0 Å². The highest BCUT2D eigenvalue weighted by Gasteiger charge is 2.31. The van der Waals surface area contributed by atoms with Gasteiger partial charge in [0, 0.05) is 47.8 Å². The second-order valence-corrected chi connectivity index (χ2v) is 11.0. The Hall–Kier alpha value is -3.22. The molecule has 0 aliphatic heterocycles. The predicted molar refractivity (Wildman–Crippen MR) is 140 cm³/mol. The number of benzene rings is 2. The number of carbonyl (C=O) groups excluding carboxylic acids is 1. The summed E-state index contributed by atoms with van der Waals surface area (Å²) in [6, 6.07) is 22.6. The van der Waals surface area contributed by atoms with Gasteiger partial charge >= 0.3 is 0 Å². The lowest BCUT2D eigenvalue weighted by Crippen LogP contribution is -2.22. The lowest BCUT2D eigenvalue weighted by Gasteiger charge is -2.21. The van der Waals surface area contributed by atoms with Gasteiger partial charge in [0.05, 0.1) is 15.9 Å². The third-order valence-corrected chi connectivity index (χ3v) is 8.75. The minimum atomic E-state index is 0.249. The van der Waals surface area contributed by atoms with Crippen LogP contribution in [0, 0.1) is 5.92 Å². The fraction of sp³-hybridized carbons (Fsp3) is 0.179. The third-order valence-electron chi connectivity index (χ3n) is 6.34. The molecular weight excluding hydrogens is 458 g/mol. The van der Waals surface area contributed by atoms with Crippen molar-refractivity contribution in [1.82, 2.24) is 15.0 Å². The maximum absolute atomic E-state index is 13.4. The fourth-order valence-electron chi connectivity index (χ4n) is 4.77. The molecule has 1 aliphatic rings. The summed E-state index contributed by atoms with van der Waals surface area (Å²) in [7, 11) is 0. The SMILES string of the molecule is O=C1CC(CSc2nc3ccccc3s2)Cc2[nH]c(-c3ccncc3)c(Cc3ccccc3)c21. The van der Waals surface area contributed by atoms with Crippen LogP contribution in [0.1, 0.15) is 33.6 Å². The van der Waals surface area contributed by atoms with Gasteiger partial charge in [0.1, 0.15) is 0 Å². The summed E-state index contributed by atoms with van der Waals surface area (Å²) in [4.78, 5) is 26.0. The number of ketones is 1. The van der Waals surface area contributed by atoms with Crippen LogP contribution < -0.4 is 0 Å². The van der Waals surface area contributed by atoms with Crippen LogP contribution in [0.3, 0.4) is 0 Å². The molecule has 0 fully saturated rings. The van der Waals surface area contributed by atoms with E-state index in [1.807, 2.05) is 24.3 Å². The molecule has 1 aliphatic carbocycles. The van der Waals surface area contributed by atoms with Crippen LogP contribution in [0.5, 0.6) is 0 Å². The van der Waals surface area contributed by atoms with E-state index >= 15 is 0 Å². The zero-order chi connectivity index (χ0) is 22.9. The van der Waals surface area contributed by atoms with E-state index in [1.54, 1.807) is 35.5 Å². The smallest absolute Gasteiger partial charge is 0.165 e. The Morgan fingerprint density at radius 1 is 0.971 bits per heavy atom. The second kappa shape index (κ2) is 9.20. The molecule has 3 heterocycles. The minimum absolute atomic E-state index is 0.249. The van der Waals surface area contributed by atoms with Crippen LogP contribution >= 0.6 is 23.1 Å². The monoisotopic (exact) mass is 481 g/mol. The van der Waals surface area contributed by atoms with E-state index in [0.717, 1.165) is 56.5 Å². The highest BCUT2D eigenvalue weighted by molar-refractivity contribution is 8.01. The second-order valence-electron chi connectivity index (χ2n) is 8.69. The number of fused-ring (bicyclic) bond motifs is 2. The fourth-order valence-corrected chi connectivity index (χ4v) is 6.96. The quantitative estimate of drug-likeness (QED) is 0.271. The number of nitrogens with one attached hydrogen (secondary N) is 1. The summed E-state index contributed by atoms with van der Waals surface area (Å²) < 4.78 is 2.29. The molecule has 0 radical (unpaired) electrons. The molecule has 0 bridgehead atoms. The molecule has 3 aromatic heterocycles. The number of aromatic nitrogens is 3. The van der Waals surface area contributed by atoms with Crippen molar-refractivity contribution in [3.63, 3.8) is 0 Å². The first kappa shape index (κ1) is 21.3. The number of Topliss-reactive ketones (excluding diaryl/α,β-unsaturated/α-hetero) is 1. The van der Waals surface area contributed by atoms with E-state index in [9.17, 15) is 4.79 Å². The molecule has 5 aromatic rings. The largest absolute Gasteiger partial charge is 0.358 e. The summed E-state index contributed by atoms with van der Waals surface area (Å²) in [5, 5.41) is 0. The van der Waals surface area contributed by atoms with Gasteiger partial charge in [-0.05, 0) is 47.7 Å². The first-order valence-corrected chi connectivity index (χ1v) is 13.2. The average Bonchev–Trinajstić information content (AvgIpc) is 3.45. The molecule has 2 aromatic carbocycles. The average molecular weight is 482 g/mol. The van der Waals surface area contributed by atoms with Crippen molar-refractivity contribution in [2.24, 2.45) is 5.92 Å². The molecule has 6 rings (SSSR count). The molecule has 1 atom stereocenters. The molecule has 0 amide bonds. The lowest BCUT2D eigenvalue weighted by molar-refractivity contribution is 0.0953. The van der Waals surface area contributed by atoms with Crippen molar-refractivity contribution < 1.29 is 4.79 Å². The van der Waals surface area contributed by atoms with Gasteiger partial charge in [0.15, 0.2) is 10.1 Å². The van der Waals surface area contributed by atoms with Gasteiger partial charge in [-0.25, -0.2) is 4.98 Å². The van der Waals surface area contributed by atoms with Gasteiger partial charge in [-0.2, -0.15) is 0 Å². The number of carbonyl (C=O) groups is 1. The van der Waals surface area contributed by atoms with Crippen molar-refractivity contribution in [2.75, 3.05) is 5.75 Å². The molecule has 34 heavy (non-hydrogen) atoms. The van der Waals surface area contributed by atoms with Gasteiger partial charge in [-0.1, -0.05) is 54.2 Å². The van der Waals surface area contributed by atoms with E-state index in [2.05, 4.69) is 52.4 Å². The molecule has 0 saturated heterocycles. The Labute approximate surface area is 206 Å². The Balaban J connectivity index is 1.29. The molecule has 168 valence electrons. The van der Waals surface area contributed by atoms with Gasteiger partial charge < -0.3 is 4.98 Å². The van der Waals surface area contributed by atoms with Crippen molar-refractivity contribution in [1.29, 1.82) is 0 Å². The summed E-state index contributed by atoms with van der Waals surface area (Å²) in [5.74, 6) is 1.44. The van der Waals surface area contributed by atoms with E-state index in [1.165, 1.54) is 10.3 Å². The normalized spacial score (nSPS) is 15.5. The number of para-hydroxylation sites is 1. The summed E-state index contributed by atoms with van der Waals surface area (Å²) >= 11 is 3.50. The zero-order valence-electron chi connectivity index (χ0n) is 18.5. The van der Waals surface area contributed by atoms with E-state index in [4.69, 9.17) is 4.98 Å². The predicted octanol–water partition coefficient (Wildman–Crippen LogP) is 6.81. The number of nitrogens with zero attached hydrogens (tertiary/aromatic N) is 2. The molecule has 6 heteroatoms. The van der Waals surface area contributed by atoms with Crippen molar-refractivity contribution >= 4 is 39.1 Å². The van der Waals surface area contributed by atoms with Crippen LogP contribution in [0.2, 0.25) is 0 Å². The molecular formula is C28H23N3OS2. The van der Waals surface area contributed by atoms with Gasteiger partial charge in [0.2, 0.25) is 0 Å². The van der Waals surface area contributed by atoms with Crippen molar-refractivity contribution in [2.45, 2.75) is 23.6 Å². The number of rotatable bonds is 6. The highest BCUT2D eigenvalue weighted by Crippen LogP contribution is 2.38. The number of hydrogen-bond acceptors (Lipinski definition) is 5. The number of pyridine rings is 1. The Kier molecular flexibility index (Phi) is 5.77. The van der Waals surface area contributed by atoms with Gasteiger partial charge in [-0.3, -0.25) is 9.78 Å². The first-order chi connectivity index (χ1) is 16.7. The molecule has 0 spiro atoms. The third kappa shape index (κ3) is 4.19. The van der Waals surface area contributed by atoms with E-state index < -0.39 is 0 Å². The zero-order valence-corrected chi connectivity index (χ0v) is 20.2. The minimum Gasteiger partial charge on any atom is -0.358 e. The van der Waals surface area contributed by atoms with Crippen molar-refractivity contribution in [3.8, 4) is 11.3 Å². The molecule has 1 unspecified atom stereocenters. The van der Waals surface area contributed by atoms with Crippen LogP contribution in [-0.4, -0.2) is 26.5 Å². The van der Waals surface area contributed by atoms with Crippen LogP contribution in [-0.2, 0) is 12.8 Å². The standard InChI is InChI=1S/C28H23N3OS2/c32-24-16-19(17-33-28-31-22-8-4-5-9-25(22)34-28)15-23-26(24)21(14-18-6-2-1-3-7-18)27(30-23)20-10-12-29-13-11-20/h1-13,19,30H,14-17H2. The number of aromatic amines is 1. The van der Waals surface area contributed by atoms with Gasteiger partial charge in [0.25, 0.3) is 0 Å². The Morgan fingerprint density at radius 3 is 2.59 bits per heavy atom. The molecule has 0 saturated carbocycles. The highest BCUT2D eigenvalue weighted by atomic mass is 32.2. The molecule has 1 N–H and O–H groups in total. The summed E-state index contributed by atoms with van der Waals surface area (Å²) in [6.07, 6.45) is 5.81. The Morgan fingerprint density at radius 2 is 1.76 bits per heavy atom. The number of thiazole rings is 1. The van der Waals surface area contributed by atoms with Gasteiger partial charge in [-0.15, -0.1) is 11.3 Å². The Bertz CT molecular complexity index is 1420. The topological polar surface area (TPSA) is 58.6 Å². The number of H-pyrrole nitrogens is 1. The number of hydrogen-bond donors (Lipinski definition) is 1. The van der Waals surface area contributed by atoms with E-state index in [-0.39, 0.29) is 5.78 Å². The maximum atomic E-state index is 13.4. The van der Waals surface area contributed by atoms with Crippen LogP contribution in [0.25, 0.3) is 21.5 Å². The van der Waals surface area contributed by atoms with Crippen LogP contribution in [0.15, 0.2) is 83.5 Å². The molecule has 4 nitrogen and oxygen atoms in total.